The van der Waals surface area contributed by atoms with Gasteiger partial charge in [-0.05, 0) is 36.0 Å². The van der Waals surface area contributed by atoms with Gasteiger partial charge in [0.25, 0.3) is 0 Å². The van der Waals surface area contributed by atoms with E-state index >= 15 is 0 Å². The molecule has 0 N–H and O–H groups in total. The summed E-state index contributed by atoms with van der Waals surface area (Å²) >= 11 is 0. The largest absolute Gasteiger partial charge is 0.0683 e. The van der Waals surface area contributed by atoms with Gasteiger partial charge in [-0.25, -0.2) is 0 Å². The molecule has 0 radical (unpaired) electrons. The smallest absolute Gasteiger partial charge is 0.00258 e. The fourth-order valence-corrected chi connectivity index (χ4v) is 1.96. The van der Waals surface area contributed by atoms with Crippen LogP contribution in [0.1, 0.15) is 55.9 Å². The predicted octanol–water partition coefficient (Wildman–Crippen LogP) is 5.74. The second-order valence-electron chi connectivity index (χ2n) is 5.06. The Morgan fingerprint density at radius 2 is 1.16 bits per heavy atom. The molecule has 0 aliphatic heterocycles. The zero-order valence-corrected chi connectivity index (χ0v) is 12.9. The van der Waals surface area contributed by atoms with Crippen LogP contribution in [0.25, 0.3) is 0 Å². The van der Waals surface area contributed by atoms with Crippen molar-refractivity contribution in [2.75, 3.05) is 0 Å². The molecule has 0 saturated heterocycles. The highest BCUT2D eigenvalue weighted by Crippen LogP contribution is 2.16. The Bertz CT molecular complexity index is 460. The van der Waals surface area contributed by atoms with Gasteiger partial charge in [0.05, 0.1) is 0 Å². The predicted molar refractivity (Wildman–Crippen MR) is 85.9 cm³/mol. The van der Waals surface area contributed by atoms with Crippen LogP contribution in [0.3, 0.4) is 0 Å². The van der Waals surface area contributed by atoms with Crippen molar-refractivity contribution in [1.82, 2.24) is 0 Å². The first-order valence-electron chi connectivity index (χ1n) is 7.29. The van der Waals surface area contributed by atoms with E-state index in [2.05, 4.69) is 69.3 Å². The highest BCUT2D eigenvalue weighted by atomic mass is 14.0. The molecule has 0 spiro atoms. The monoisotopic (exact) mass is 254 g/mol. The molecule has 0 amide bonds. The van der Waals surface area contributed by atoms with Crippen molar-refractivity contribution < 1.29 is 0 Å². The van der Waals surface area contributed by atoms with Crippen LogP contribution in [0, 0.1) is 6.92 Å². The summed E-state index contributed by atoms with van der Waals surface area (Å²) in [6.45, 7) is 10.6. The average Bonchev–Trinajstić information content (AvgIpc) is 2.44. The fourth-order valence-electron chi connectivity index (χ4n) is 1.96. The molecule has 0 fully saturated rings. The molecule has 2 aromatic carbocycles. The minimum Gasteiger partial charge on any atom is -0.0683 e. The SMILES string of the molecule is CC.Cc1ccc(Cc2ccc(C(C)C)cc2)cc1. The molecular formula is C19H26. The first-order chi connectivity index (χ1) is 9.15. The molecular weight excluding hydrogens is 228 g/mol. The lowest BCUT2D eigenvalue weighted by molar-refractivity contribution is 0.865. The summed E-state index contributed by atoms with van der Waals surface area (Å²) in [4.78, 5) is 0. The van der Waals surface area contributed by atoms with Crippen molar-refractivity contribution in [3.05, 3.63) is 70.8 Å². The fraction of sp³-hybridized carbons (Fsp3) is 0.368. The summed E-state index contributed by atoms with van der Waals surface area (Å²) in [5.41, 5.74) is 5.51. The van der Waals surface area contributed by atoms with Crippen LogP contribution < -0.4 is 0 Å². The first kappa shape index (κ1) is 15.5. The molecule has 0 heteroatoms. The molecule has 0 saturated carbocycles. The van der Waals surface area contributed by atoms with E-state index in [1.54, 1.807) is 0 Å². The normalized spacial score (nSPS) is 10.0. The van der Waals surface area contributed by atoms with Gasteiger partial charge >= 0.3 is 0 Å². The van der Waals surface area contributed by atoms with Crippen LogP contribution in [0.2, 0.25) is 0 Å². The highest BCUT2D eigenvalue weighted by Gasteiger charge is 2.00. The number of benzene rings is 2. The lowest BCUT2D eigenvalue weighted by atomic mass is 9.98. The topological polar surface area (TPSA) is 0 Å². The van der Waals surface area contributed by atoms with Crippen molar-refractivity contribution in [3.63, 3.8) is 0 Å². The van der Waals surface area contributed by atoms with Crippen LogP contribution in [-0.4, -0.2) is 0 Å². The van der Waals surface area contributed by atoms with E-state index in [4.69, 9.17) is 0 Å². The van der Waals surface area contributed by atoms with Crippen LogP contribution in [0.5, 0.6) is 0 Å². The lowest BCUT2D eigenvalue weighted by Crippen LogP contribution is -1.91. The number of aryl methyl sites for hydroxylation is 1. The van der Waals surface area contributed by atoms with Gasteiger partial charge in [0, 0.05) is 0 Å². The number of rotatable bonds is 3. The van der Waals surface area contributed by atoms with Gasteiger partial charge in [0.2, 0.25) is 0 Å². The summed E-state index contributed by atoms with van der Waals surface area (Å²) in [6, 6.07) is 17.8. The van der Waals surface area contributed by atoms with Gasteiger partial charge in [0.15, 0.2) is 0 Å². The van der Waals surface area contributed by atoms with Gasteiger partial charge in [-0.3, -0.25) is 0 Å². The second-order valence-corrected chi connectivity index (χ2v) is 5.06. The van der Waals surface area contributed by atoms with Crippen molar-refractivity contribution >= 4 is 0 Å². The minimum absolute atomic E-state index is 0.614. The Labute approximate surface area is 118 Å². The van der Waals surface area contributed by atoms with E-state index < -0.39 is 0 Å². The van der Waals surface area contributed by atoms with Gasteiger partial charge in [0.1, 0.15) is 0 Å². The van der Waals surface area contributed by atoms with E-state index in [-0.39, 0.29) is 0 Å². The molecule has 0 aromatic heterocycles. The quantitative estimate of drug-likeness (QED) is 0.655. The van der Waals surface area contributed by atoms with Crippen LogP contribution in [-0.2, 0) is 6.42 Å². The summed E-state index contributed by atoms with van der Waals surface area (Å²) < 4.78 is 0. The van der Waals surface area contributed by atoms with E-state index in [1.807, 2.05) is 13.8 Å². The maximum absolute atomic E-state index is 2.25. The molecule has 0 atom stereocenters. The Morgan fingerprint density at radius 1 is 0.737 bits per heavy atom. The standard InChI is InChI=1S/C17H20.C2H6/c1-13(2)17-10-8-16(9-11-17)12-15-6-4-14(3)5-7-15;1-2/h4-11,13H,12H2,1-3H3;1-2H3. The first-order valence-corrected chi connectivity index (χ1v) is 7.29. The summed E-state index contributed by atoms with van der Waals surface area (Å²) in [5, 5.41) is 0. The lowest BCUT2D eigenvalue weighted by Gasteiger charge is -2.07. The molecule has 102 valence electrons. The van der Waals surface area contributed by atoms with E-state index in [9.17, 15) is 0 Å². The van der Waals surface area contributed by atoms with E-state index in [0.29, 0.717) is 5.92 Å². The summed E-state index contributed by atoms with van der Waals surface area (Å²) in [6.07, 6.45) is 1.03. The van der Waals surface area contributed by atoms with Crippen molar-refractivity contribution in [2.45, 2.75) is 47.0 Å². The van der Waals surface area contributed by atoms with Gasteiger partial charge < -0.3 is 0 Å². The van der Waals surface area contributed by atoms with Gasteiger partial charge in [-0.1, -0.05) is 81.8 Å². The molecule has 2 aromatic rings. The minimum atomic E-state index is 0.614. The van der Waals surface area contributed by atoms with Crippen molar-refractivity contribution in [2.24, 2.45) is 0 Å². The number of hydrogen-bond donors (Lipinski definition) is 0. The third-order valence-electron chi connectivity index (χ3n) is 3.18. The molecule has 0 unspecified atom stereocenters. The van der Waals surface area contributed by atoms with Crippen molar-refractivity contribution in [1.29, 1.82) is 0 Å². The van der Waals surface area contributed by atoms with Crippen molar-refractivity contribution in [3.8, 4) is 0 Å². The maximum Gasteiger partial charge on any atom is -0.00258 e. The van der Waals surface area contributed by atoms with Crippen LogP contribution in [0.15, 0.2) is 48.5 Å². The van der Waals surface area contributed by atoms with E-state index in [0.717, 1.165) is 6.42 Å². The van der Waals surface area contributed by atoms with Gasteiger partial charge in [-0.2, -0.15) is 0 Å². The Hall–Kier alpha value is -1.56. The summed E-state index contributed by atoms with van der Waals surface area (Å²) in [5.74, 6) is 0.614. The van der Waals surface area contributed by atoms with Crippen LogP contribution in [0.4, 0.5) is 0 Å². The molecule has 0 aliphatic rings. The molecule has 0 heterocycles. The molecule has 19 heavy (non-hydrogen) atoms. The Balaban J connectivity index is 0.000000861. The Kier molecular flexibility index (Phi) is 6.35. The van der Waals surface area contributed by atoms with Gasteiger partial charge in [-0.15, -0.1) is 0 Å². The molecule has 0 bridgehead atoms. The second kappa shape index (κ2) is 7.78. The zero-order chi connectivity index (χ0) is 14.3. The Morgan fingerprint density at radius 3 is 1.58 bits per heavy atom. The number of hydrogen-bond acceptors (Lipinski definition) is 0. The molecule has 2 rings (SSSR count). The van der Waals surface area contributed by atoms with Crippen LogP contribution >= 0.6 is 0 Å². The third-order valence-corrected chi connectivity index (χ3v) is 3.18. The third kappa shape index (κ3) is 4.90. The molecule has 0 aliphatic carbocycles. The summed E-state index contributed by atoms with van der Waals surface area (Å²) in [7, 11) is 0. The zero-order valence-electron chi connectivity index (χ0n) is 12.9. The average molecular weight is 254 g/mol. The van der Waals surface area contributed by atoms with E-state index in [1.165, 1.54) is 22.3 Å². The highest BCUT2D eigenvalue weighted by molar-refractivity contribution is 5.31. The molecule has 0 nitrogen and oxygen atoms in total. The maximum atomic E-state index is 2.25.